The van der Waals surface area contributed by atoms with Crippen molar-refractivity contribution in [3.05, 3.63) is 75.0 Å². The summed E-state index contributed by atoms with van der Waals surface area (Å²) in [5.41, 5.74) is 2.94. The van der Waals surface area contributed by atoms with Crippen LogP contribution in [0.25, 0.3) is 11.7 Å². The predicted octanol–water partition coefficient (Wildman–Crippen LogP) is 3.57. The van der Waals surface area contributed by atoms with E-state index in [4.69, 9.17) is 21.9 Å². The molecular formula is C27H29N5O3S2. The molecule has 4 heterocycles. The van der Waals surface area contributed by atoms with E-state index in [0.717, 1.165) is 18.7 Å². The van der Waals surface area contributed by atoms with Crippen LogP contribution in [-0.2, 0) is 9.53 Å². The molecule has 0 aliphatic carbocycles. The summed E-state index contributed by atoms with van der Waals surface area (Å²) >= 11 is 6.71. The Morgan fingerprint density at radius 2 is 1.78 bits per heavy atom. The van der Waals surface area contributed by atoms with Crippen LogP contribution in [0, 0.1) is 6.92 Å². The standard InChI is InChI=1S/C27H29N5O3S2/c1-19-9-10-23-28-24(30-14-12-29(13-15-30)20-7-4-3-5-8-20)21(25(33)32(23)18-19)17-22-26(34)31(27(36)37-22)11-6-16-35-2/h3-5,7-10,17-18H,6,11-16H2,1-2H3/b22-17-. The molecule has 2 fully saturated rings. The summed E-state index contributed by atoms with van der Waals surface area (Å²) in [6.07, 6.45) is 4.15. The lowest BCUT2D eigenvalue weighted by Crippen LogP contribution is -2.47. The second-order valence-corrected chi connectivity index (χ2v) is 10.8. The summed E-state index contributed by atoms with van der Waals surface area (Å²) in [6, 6.07) is 14.1. The van der Waals surface area contributed by atoms with Gasteiger partial charge in [-0.05, 0) is 43.2 Å². The van der Waals surface area contributed by atoms with Gasteiger partial charge in [0.05, 0.1) is 10.5 Å². The van der Waals surface area contributed by atoms with Crippen molar-refractivity contribution >= 4 is 57.4 Å². The zero-order valence-electron chi connectivity index (χ0n) is 20.9. The average molecular weight is 536 g/mol. The molecule has 0 N–H and O–H groups in total. The predicted molar refractivity (Wildman–Crippen MR) is 153 cm³/mol. The van der Waals surface area contributed by atoms with E-state index in [9.17, 15) is 9.59 Å². The van der Waals surface area contributed by atoms with Crippen LogP contribution in [-0.4, -0.2) is 71.0 Å². The highest BCUT2D eigenvalue weighted by Gasteiger charge is 2.33. The lowest BCUT2D eigenvalue weighted by Gasteiger charge is -2.37. The number of anilines is 2. The van der Waals surface area contributed by atoms with Gasteiger partial charge in [-0.25, -0.2) is 4.98 Å². The van der Waals surface area contributed by atoms with Gasteiger partial charge in [-0.3, -0.25) is 18.9 Å². The minimum Gasteiger partial charge on any atom is -0.385 e. The van der Waals surface area contributed by atoms with E-state index < -0.39 is 0 Å². The number of aromatic nitrogens is 2. The number of carbonyl (C=O) groups excluding carboxylic acids is 1. The van der Waals surface area contributed by atoms with Gasteiger partial charge in [-0.2, -0.15) is 0 Å². The van der Waals surface area contributed by atoms with Crippen LogP contribution in [0.3, 0.4) is 0 Å². The first kappa shape index (κ1) is 25.4. The van der Waals surface area contributed by atoms with Gasteiger partial charge in [0.1, 0.15) is 15.8 Å². The van der Waals surface area contributed by atoms with E-state index in [1.165, 1.54) is 17.4 Å². The van der Waals surface area contributed by atoms with E-state index in [-0.39, 0.29) is 11.5 Å². The number of rotatable bonds is 7. The summed E-state index contributed by atoms with van der Waals surface area (Å²) in [5, 5.41) is 0. The number of thioether (sulfide) groups is 1. The molecule has 1 aromatic carbocycles. The van der Waals surface area contributed by atoms with Crippen molar-refractivity contribution in [2.75, 3.05) is 56.2 Å². The zero-order chi connectivity index (χ0) is 25.9. The number of thiocarbonyl (C=S) groups is 1. The number of carbonyl (C=O) groups is 1. The van der Waals surface area contributed by atoms with Gasteiger partial charge in [-0.1, -0.05) is 48.2 Å². The maximum atomic E-state index is 13.8. The van der Waals surface area contributed by atoms with Gasteiger partial charge >= 0.3 is 0 Å². The lowest BCUT2D eigenvalue weighted by atomic mass is 10.2. The van der Waals surface area contributed by atoms with Gasteiger partial charge in [0.25, 0.3) is 11.5 Å². The molecule has 0 unspecified atom stereocenters. The molecule has 0 spiro atoms. The quantitative estimate of drug-likeness (QED) is 0.258. The topological polar surface area (TPSA) is 70.4 Å². The first-order valence-electron chi connectivity index (χ1n) is 12.3. The number of piperazine rings is 1. The molecule has 192 valence electrons. The number of hydrogen-bond acceptors (Lipinski definition) is 8. The maximum absolute atomic E-state index is 13.8. The van der Waals surface area contributed by atoms with Crippen LogP contribution in [0.15, 0.2) is 58.4 Å². The molecule has 2 aliphatic heterocycles. The Labute approximate surface area is 225 Å². The minimum absolute atomic E-state index is 0.181. The molecule has 2 aliphatic rings. The molecule has 0 radical (unpaired) electrons. The van der Waals surface area contributed by atoms with Crippen LogP contribution in [0.2, 0.25) is 0 Å². The molecular weight excluding hydrogens is 506 g/mol. The van der Waals surface area contributed by atoms with E-state index in [2.05, 4.69) is 21.9 Å². The number of aryl methyl sites for hydroxylation is 1. The summed E-state index contributed by atoms with van der Waals surface area (Å²) in [4.78, 5) is 38.4. The average Bonchev–Trinajstić information content (AvgIpc) is 3.18. The Hall–Kier alpha value is -3.21. The fourth-order valence-electron chi connectivity index (χ4n) is 4.62. The molecule has 0 saturated carbocycles. The Morgan fingerprint density at radius 3 is 2.51 bits per heavy atom. The molecule has 3 aromatic rings. The highest BCUT2D eigenvalue weighted by atomic mass is 32.2. The van der Waals surface area contributed by atoms with Crippen molar-refractivity contribution in [1.29, 1.82) is 0 Å². The molecule has 8 nitrogen and oxygen atoms in total. The van der Waals surface area contributed by atoms with Crippen molar-refractivity contribution in [3.63, 3.8) is 0 Å². The second-order valence-electron chi connectivity index (χ2n) is 9.08. The number of benzene rings is 1. The van der Waals surface area contributed by atoms with Crippen molar-refractivity contribution in [1.82, 2.24) is 14.3 Å². The summed E-state index contributed by atoms with van der Waals surface area (Å²) < 4.78 is 7.17. The number of methoxy groups -OCH3 is 1. The number of nitrogens with zero attached hydrogens (tertiary/aromatic N) is 5. The van der Waals surface area contributed by atoms with Crippen molar-refractivity contribution in [2.24, 2.45) is 0 Å². The molecule has 2 aromatic heterocycles. The van der Waals surface area contributed by atoms with E-state index in [1.807, 2.05) is 37.3 Å². The van der Waals surface area contributed by atoms with Crippen molar-refractivity contribution in [3.8, 4) is 0 Å². The zero-order valence-corrected chi connectivity index (χ0v) is 22.6. The fourth-order valence-corrected chi connectivity index (χ4v) is 5.91. The number of pyridine rings is 1. The summed E-state index contributed by atoms with van der Waals surface area (Å²) in [6.45, 7) is 6.00. The van der Waals surface area contributed by atoms with E-state index in [1.54, 1.807) is 28.7 Å². The largest absolute Gasteiger partial charge is 0.385 e. The van der Waals surface area contributed by atoms with Crippen molar-refractivity contribution in [2.45, 2.75) is 13.3 Å². The van der Waals surface area contributed by atoms with E-state index in [0.29, 0.717) is 58.9 Å². The molecule has 5 rings (SSSR count). The minimum atomic E-state index is -0.196. The summed E-state index contributed by atoms with van der Waals surface area (Å²) in [5.74, 6) is 0.422. The van der Waals surface area contributed by atoms with Crippen molar-refractivity contribution < 1.29 is 9.53 Å². The van der Waals surface area contributed by atoms with Gasteiger partial charge < -0.3 is 14.5 Å². The molecule has 10 heteroatoms. The highest BCUT2D eigenvalue weighted by Crippen LogP contribution is 2.34. The number of hydrogen-bond donors (Lipinski definition) is 0. The Kier molecular flexibility index (Phi) is 7.59. The lowest BCUT2D eigenvalue weighted by molar-refractivity contribution is -0.122. The normalized spacial score (nSPS) is 17.5. The van der Waals surface area contributed by atoms with E-state index >= 15 is 0 Å². The van der Waals surface area contributed by atoms with Crippen LogP contribution < -0.4 is 15.4 Å². The fraction of sp³-hybridized carbons (Fsp3) is 0.333. The summed E-state index contributed by atoms with van der Waals surface area (Å²) in [7, 11) is 1.63. The van der Waals surface area contributed by atoms with Crippen LogP contribution in [0.4, 0.5) is 11.5 Å². The SMILES string of the molecule is COCCCN1C(=O)/C(=C/c2c(N3CCN(c4ccccc4)CC3)nc3ccc(C)cn3c2=O)SC1=S. The first-order chi connectivity index (χ1) is 18.0. The third-order valence-corrected chi connectivity index (χ3v) is 7.94. The maximum Gasteiger partial charge on any atom is 0.267 e. The number of fused-ring (bicyclic) bond motifs is 1. The van der Waals surface area contributed by atoms with Gasteiger partial charge in [0.15, 0.2) is 0 Å². The molecule has 0 bridgehead atoms. The molecule has 2 saturated heterocycles. The Bertz CT molecular complexity index is 1410. The molecule has 1 amide bonds. The molecule has 0 atom stereocenters. The Balaban J connectivity index is 1.50. The monoisotopic (exact) mass is 535 g/mol. The highest BCUT2D eigenvalue weighted by molar-refractivity contribution is 8.26. The van der Waals surface area contributed by atoms with Crippen LogP contribution >= 0.6 is 24.0 Å². The number of amides is 1. The molecule has 37 heavy (non-hydrogen) atoms. The Morgan fingerprint density at radius 1 is 1.05 bits per heavy atom. The smallest absolute Gasteiger partial charge is 0.267 e. The van der Waals surface area contributed by atoms with Crippen LogP contribution in [0.5, 0.6) is 0 Å². The van der Waals surface area contributed by atoms with Gasteiger partial charge in [0.2, 0.25) is 0 Å². The first-order valence-corrected chi connectivity index (χ1v) is 13.5. The number of ether oxygens (including phenoxy) is 1. The van der Waals surface area contributed by atoms with Gasteiger partial charge in [-0.15, -0.1) is 0 Å². The van der Waals surface area contributed by atoms with Crippen LogP contribution in [0.1, 0.15) is 17.5 Å². The third-order valence-electron chi connectivity index (χ3n) is 6.57. The van der Waals surface area contributed by atoms with Gasteiger partial charge in [0, 0.05) is 58.3 Å². The number of para-hydroxylation sites is 1. The second kappa shape index (κ2) is 11.0. The third kappa shape index (κ3) is 5.27.